The molecule has 0 saturated carbocycles. The average Bonchev–Trinajstić information content (AvgIpc) is 3.34. The summed E-state index contributed by atoms with van der Waals surface area (Å²) in [6.07, 6.45) is 16.0. The van der Waals surface area contributed by atoms with Crippen molar-refractivity contribution in [3.8, 4) is 23.5 Å². The number of hydrogen-bond donors (Lipinski definition) is 0. The van der Waals surface area contributed by atoms with Crippen molar-refractivity contribution in [3.63, 3.8) is 0 Å². The first kappa shape index (κ1) is 24.5. The van der Waals surface area contributed by atoms with Gasteiger partial charge in [0.2, 0.25) is 0 Å². The highest BCUT2D eigenvalue weighted by Crippen LogP contribution is 2.43. The van der Waals surface area contributed by atoms with Crippen molar-refractivity contribution < 1.29 is 8.83 Å². The number of terminal acetylenes is 1. The molecule has 2 aromatic heterocycles. The minimum atomic E-state index is 0.685. The fourth-order valence-electron chi connectivity index (χ4n) is 4.89. The van der Waals surface area contributed by atoms with E-state index in [4.69, 9.17) is 20.4 Å². The zero-order valence-electron chi connectivity index (χ0n) is 21.1. The molecule has 182 valence electrons. The van der Waals surface area contributed by atoms with Gasteiger partial charge in [0, 0.05) is 38.1 Å². The largest absolute Gasteiger partial charge is 0.456 e. The van der Waals surface area contributed by atoms with Gasteiger partial charge in [0.15, 0.2) is 0 Å². The zero-order valence-corrected chi connectivity index (χ0v) is 21.9. The molecule has 0 radical (unpaired) electrons. The minimum absolute atomic E-state index is 0.685. The van der Waals surface area contributed by atoms with Crippen molar-refractivity contribution in [2.75, 3.05) is 0 Å². The first-order valence-electron chi connectivity index (χ1n) is 12.3. The molecule has 0 bridgehead atoms. The summed E-state index contributed by atoms with van der Waals surface area (Å²) in [7, 11) is 0. The number of aryl methyl sites for hydroxylation is 1. The maximum absolute atomic E-state index is 6.54. The predicted molar refractivity (Wildman–Crippen MR) is 158 cm³/mol. The van der Waals surface area contributed by atoms with Gasteiger partial charge in [0.1, 0.15) is 22.7 Å². The Morgan fingerprint density at radius 3 is 2.54 bits per heavy atom. The first-order chi connectivity index (χ1) is 18.1. The molecule has 2 heterocycles. The molecule has 2 nitrogen and oxygen atoms in total. The summed E-state index contributed by atoms with van der Waals surface area (Å²) in [5, 5.41) is 2.92. The van der Waals surface area contributed by atoms with E-state index < -0.39 is 0 Å². The second-order valence-electron chi connectivity index (χ2n) is 8.85. The zero-order chi connectivity index (χ0) is 25.9. The highest BCUT2D eigenvalue weighted by atomic mass is 35.5. The summed E-state index contributed by atoms with van der Waals surface area (Å²) < 4.78 is 12.8. The molecular weight excluding hydrogens is 476 g/mol. The summed E-state index contributed by atoms with van der Waals surface area (Å²) in [5.74, 6) is 4.02. The van der Waals surface area contributed by atoms with Gasteiger partial charge in [-0.3, -0.25) is 0 Å². The lowest BCUT2D eigenvalue weighted by Crippen LogP contribution is -1.93. The number of furan rings is 2. The highest BCUT2D eigenvalue weighted by Gasteiger charge is 2.23. The van der Waals surface area contributed by atoms with Gasteiger partial charge in [0.05, 0.1) is 0 Å². The molecule has 37 heavy (non-hydrogen) atoms. The van der Waals surface area contributed by atoms with Crippen molar-refractivity contribution in [1.29, 1.82) is 0 Å². The number of allylic oxidation sites excluding steroid dienone is 3. The van der Waals surface area contributed by atoms with Gasteiger partial charge in [0.25, 0.3) is 0 Å². The summed E-state index contributed by atoms with van der Waals surface area (Å²) in [4.78, 5) is 0. The first-order valence-corrected chi connectivity index (χ1v) is 12.7. The van der Waals surface area contributed by atoms with Gasteiger partial charge >= 0.3 is 0 Å². The third-order valence-corrected chi connectivity index (χ3v) is 6.74. The van der Waals surface area contributed by atoms with Crippen molar-refractivity contribution >= 4 is 51.3 Å². The van der Waals surface area contributed by atoms with Gasteiger partial charge in [-0.1, -0.05) is 78.4 Å². The van der Waals surface area contributed by atoms with Gasteiger partial charge in [-0.25, -0.2) is 0 Å². The molecule has 0 N–H and O–H groups in total. The van der Waals surface area contributed by atoms with E-state index in [9.17, 15) is 0 Å². The Hall–Kier alpha value is -4.19. The Morgan fingerprint density at radius 1 is 0.946 bits per heavy atom. The van der Waals surface area contributed by atoms with Crippen LogP contribution in [0.2, 0.25) is 5.02 Å². The fourth-order valence-corrected chi connectivity index (χ4v) is 5.06. The molecule has 0 aliphatic heterocycles. The third-order valence-electron chi connectivity index (χ3n) is 6.50. The van der Waals surface area contributed by atoms with E-state index in [0.29, 0.717) is 5.02 Å². The number of benzene rings is 3. The van der Waals surface area contributed by atoms with Crippen LogP contribution in [0.4, 0.5) is 0 Å². The average molecular weight is 503 g/mol. The van der Waals surface area contributed by atoms with Gasteiger partial charge in [-0.15, -0.1) is 12.3 Å². The van der Waals surface area contributed by atoms with Crippen LogP contribution in [-0.4, -0.2) is 0 Å². The van der Waals surface area contributed by atoms with E-state index in [0.717, 1.165) is 73.3 Å². The third kappa shape index (κ3) is 4.44. The smallest absolute Gasteiger partial charge is 0.142 e. The van der Waals surface area contributed by atoms with Crippen LogP contribution in [0, 0.1) is 19.3 Å². The van der Waals surface area contributed by atoms with E-state index in [1.807, 2.05) is 43.3 Å². The standard InChI is InChI=1S/C31H23ClO2.C3H4/c1-3-9-28-19(2)21-13-8-14-26(30(21)33-28)27-18-20(32)16-17-22(27)24-11-4-5-12-25-23-10-6-7-15-29(23)34-31(24)25;1-3-2/h3,5-18H,4H2,1-2H3;1H,2H3/b9-3-;. The van der Waals surface area contributed by atoms with E-state index in [2.05, 4.69) is 73.9 Å². The lowest BCUT2D eigenvalue weighted by atomic mass is 9.91. The summed E-state index contributed by atoms with van der Waals surface area (Å²) in [6.45, 7) is 5.75. The lowest BCUT2D eigenvalue weighted by molar-refractivity contribution is 0.599. The van der Waals surface area contributed by atoms with Gasteiger partial charge < -0.3 is 8.83 Å². The molecule has 3 aromatic carbocycles. The van der Waals surface area contributed by atoms with E-state index in [1.165, 1.54) is 0 Å². The second kappa shape index (κ2) is 10.4. The van der Waals surface area contributed by atoms with Crippen LogP contribution in [-0.2, 0) is 0 Å². The molecule has 1 aliphatic rings. The second-order valence-corrected chi connectivity index (χ2v) is 9.29. The Bertz CT molecular complexity index is 1750. The van der Waals surface area contributed by atoms with Gasteiger partial charge in [-0.2, -0.15) is 0 Å². The molecule has 5 aromatic rings. The van der Waals surface area contributed by atoms with Crippen molar-refractivity contribution in [1.82, 2.24) is 0 Å². The van der Waals surface area contributed by atoms with Crippen LogP contribution in [0.5, 0.6) is 0 Å². The van der Waals surface area contributed by atoms with Crippen molar-refractivity contribution in [3.05, 3.63) is 112 Å². The Balaban J connectivity index is 0.000000892. The van der Waals surface area contributed by atoms with E-state index >= 15 is 0 Å². The minimum Gasteiger partial charge on any atom is -0.456 e. The molecule has 0 spiro atoms. The van der Waals surface area contributed by atoms with E-state index in [1.54, 1.807) is 6.92 Å². The Labute approximate surface area is 222 Å². The van der Waals surface area contributed by atoms with E-state index in [-0.39, 0.29) is 0 Å². The normalized spacial score (nSPS) is 12.7. The molecule has 1 aliphatic carbocycles. The molecule has 0 atom stereocenters. The molecule has 0 saturated heterocycles. The molecule has 0 unspecified atom stereocenters. The monoisotopic (exact) mass is 502 g/mol. The number of hydrogen-bond acceptors (Lipinski definition) is 2. The highest BCUT2D eigenvalue weighted by molar-refractivity contribution is 6.31. The number of para-hydroxylation sites is 2. The molecule has 0 amide bonds. The summed E-state index contributed by atoms with van der Waals surface area (Å²) >= 11 is 6.54. The van der Waals surface area contributed by atoms with Crippen molar-refractivity contribution in [2.45, 2.75) is 27.2 Å². The SMILES string of the molecule is C#CC.C/C=C\c1oc2c(-c3cc(Cl)ccc3C3=CCC=Cc4c3oc3ccccc43)cccc2c1C. The Morgan fingerprint density at radius 2 is 1.73 bits per heavy atom. The maximum Gasteiger partial charge on any atom is 0.142 e. The van der Waals surface area contributed by atoms with Crippen LogP contribution in [0.15, 0.2) is 87.7 Å². The van der Waals surface area contributed by atoms with Gasteiger partial charge in [-0.05, 0) is 62.6 Å². The molecular formula is C34H27ClO2. The lowest BCUT2D eigenvalue weighted by Gasteiger charge is -2.14. The van der Waals surface area contributed by atoms with Crippen LogP contribution >= 0.6 is 11.6 Å². The topological polar surface area (TPSA) is 26.3 Å². The predicted octanol–water partition coefficient (Wildman–Crippen LogP) is 10.3. The quantitative estimate of drug-likeness (QED) is 0.229. The molecule has 0 fully saturated rings. The van der Waals surface area contributed by atoms with Crippen LogP contribution < -0.4 is 0 Å². The fraction of sp³-hybridized carbons (Fsp3) is 0.118. The number of rotatable bonds is 3. The number of fused-ring (bicyclic) bond motifs is 4. The Kier molecular flexibility index (Phi) is 6.91. The molecule has 3 heteroatoms. The molecule has 6 rings (SSSR count). The van der Waals surface area contributed by atoms with Crippen LogP contribution in [0.3, 0.4) is 0 Å². The van der Waals surface area contributed by atoms with Crippen molar-refractivity contribution in [2.24, 2.45) is 0 Å². The number of halogens is 1. The summed E-state index contributed by atoms with van der Waals surface area (Å²) in [5.41, 5.74) is 8.19. The summed E-state index contributed by atoms with van der Waals surface area (Å²) in [6, 6.07) is 20.6. The van der Waals surface area contributed by atoms with Crippen LogP contribution in [0.1, 0.15) is 48.5 Å². The van der Waals surface area contributed by atoms with Crippen LogP contribution in [0.25, 0.3) is 50.8 Å². The maximum atomic E-state index is 6.54.